The lowest BCUT2D eigenvalue weighted by molar-refractivity contribution is 0.126. The molecule has 1 aliphatic rings. The maximum absolute atomic E-state index is 13.3. The van der Waals surface area contributed by atoms with Gasteiger partial charge < -0.3 is 15.5 Å². The molecule has 0 radical (unpaired) electrons. The Kier molecular flexibility index (Phi) is 9.12. The summed E-state index contributed by atoms with van der Waals surface area (Å²) in [6.45, 7) is 8.24. The Morgan fingerprint density at radius 2 is 1.63 bits per heavy atom. The molecule has 1 aliphatic heterocycles. The molecule has 1 heterocycles. The Morgan fingerprint density at radius 1 is 0.900 bits per heavy atom. The second-order valence-electron chi connectivity index (χ2n) is 7.79. The Morgan fingerprint density at radius 3 is 2.37 bits per heavy atom. The number of benzene rings is 2. The molecule has 0 spiro atoms. The monoisotopic (exact) mass is 411 g/mol. The highest BCUT2D eigenvalue weighted by molar-refractivity contribution is 5.79. The summed E-state index contributed by atoms with van der Waals surface area (Å²) in [5.74, 6) is 0.548. The minimum atomic E-state index is -0.210. The summed E-state index contributed by atoms with van der Waals surface area (Å²) >= 11 is 0. The number of hydrogen-bond acceptors (Lipinski definition) is 3. The molecule has 0 atom stereocenters. The lowest BCUT2D eigenvalue weighted by atomic mass is 10.2. The van der Waals surface area contributed by atoms with Crippen molar-refractivity contribution in [2.24, 2.45) is 4.99 Å². The summed E-state index contributed by atoms with van der Waals surface area (Å²) in [6, 6.07) is 17.4. The van der Waals surface area contributed by atoms with Gasteiger partial charge in [0.15, 0.2) is 5.96 Å². The zero-order chi connectivity index (χ0) is 21.0. The largest absolute Gasteiger partial charge is 0.356 e. The minimum absolute atomic E-state index is 0.210. The zero-order valence-corrected chi connectivity index (χ0v) is 18.0. The van der Waals surface area contributed by atoms with Crippen molar-refractivity contribution in [1.29, 1.82) is 0 Å². The third-order valence-corrected chi connectivity index (χ3v) is 5.48. The molecular formula is C24H34FN5. The molecule has 0 aromatic heterocycles. The van der Waals surface area contributed by atoms with Crippen molar-refractivity contribution < 1.29 is 4.39 Å². The van der Waals surface area contributed by atoms with Crippen LogP contribution in [0.1, 0.15) is 24.0 Å². The molecule has 0 amide bonds. The van der Waals surface area contributed by atoms with Crippen LogP contribution in [0.5, 0.6) is 0 Å². The Hall–Kier alpha value is -2.44. The van der Waals surface area contributed by atoms with Gasteiger partial charge in [0.2, 0.25) is 0 Å². The highest BCUT2D eigenvalue weighted by atomic mass is 19.1. The molecule has 2 aromatic carbocycles. The molecule has 30 heavy (non-hydrogen) atoms. The number of piperazine rings is 1. The predicted molar refractivity (Wildman–Crippen MR) is 122 cm³/mol. The summed E-state index contributed by atoms with van der Waals surface area (Å²) in [7, 11) is 1.76. The molecular weight excluding hydrogens is 377 g/mol. The number of guanidine groups is 1. The Labute approximate surface area is 180 Å². The van der Waals surface area contributed by atoms with Crippen LogP contribution in [0.4, 0.5) is 4.39 Å². The van der Waals surface area contributed by atoms with E-state index in [0.717, 1.165) is 63.8 Å². The number of hydrogen-bond donors (Lipinski definition) is 2. The first-order valence-electron chi connectivity index (χ1n) is 10.9. The molecule has 0 bridgehead atoms. The maximum atomic E-state index is 13.3. The van der Waals surface area contributed by atoms with Gasteiger partial charge in [-0.1, -0.05) is 42.5 Å². The lowest BCUT2D eigenvalue weighted by Crippen LogP contribution is -2.46. The van der Waals surface area contributed by atoms with Crippen LogP contribution < -0.4 is 10.6 Å². The second-order valence-corrected chi connectivity index (χ2v) is 7.79. The molecule has 0 unspecified atom stereocenters. The first kappa shape index (κ1) is 22.2. The molecule has 0 aliphatic carbocycles. The van der Waals surface area contributed by atoms with Gasteiger partial charge in [-0.15, -0.1) is 0 Å². The van der Waals surface area contributed by atoms with Crippen molar-refractivity contribution in [2.45, 2.75) is 25.9 Å². The van der Waals surface area contributed by atoms with Crippen LogP contribution in [0.25, 0.3) is 0 Å². The van der Waals surface area contributed by atoms with E-state index in [9.17, 15) is 4.39 Å². The average Bonchev–Trinajstić information content (AvgIpc) is 2.77. The van der Waals surface area contributed by atoms with Crippen molar-refractivity contribution in [3.05, 3.63) is 71.5 Å². The first-order chi connectivity index (χ1) is 14.7. The van der Waals surface area contributed by atoms with E-state index in [2.05, 4.69) is 55.8 Å². The first-order valence-corrected chi connectivity index (χ1v) is 10.9. The van der Waals surface area contributed by atoms with Crippen LogP contribution >= 0.6 is 0 Å². The van der Waals surface area contributed by atoms with E-state index in [4.69, 9.17) is 0 Å². The van der Waals surface area contributed by atoms with Crippen LogP contribution in [-0.4, -0.2) is 62.1 Å². The fourth-order valence-corrected chi connectivity index (χ4v) is 3.73. The molecule has 3 rings (SSSR count). The van der Waals surface area contributed by atoms with Crippen LogP contribution in [-0.2, 0) is 13.1 Å². The molecule has 2 aromatic rings. The van der Waals surface area contributed by atoms with Crippen LogP contribution in [0.2, 0.25) is 0 Å². The van der Waals surface area contributed by atoms with E-state index in [1.54, 1.807) is 19.2 Å². The quantitative estimate of drug-likeness (QED) is 0.378. The van der Waals surface area contributed by atoms with E-state index < -0.39 is 0 Å². The Bertz CT molecular complexity index is 772. The SMILES string of the molecule is CN=C(NCCCCN1CCN(Cc2ccccc2)CC1)NCc1cccc(F)c1. The van der Waals surface area contributed by atoms with E-state index in [1.807, 2.05) is 6.07 Å². The van der Waals surface area contributed by atoms with Gasteiger partial charge in [0.1, 0.15) is 5.82 Å². The second kappa shape index (κ2) is 12.3. The number of nitrogens with one attached hydrogen (secondary N) is 2. The fourth-order valence-electron chi connectivity index (χ4n) is 3.73. The molecule has 6 heteroatoms. The number of unbranched alkanes of at least 4 members (excludes halogenated alkanes) is 1. The van der Waals surface area contributed by atoms with E-state index >= 15 is 0 Å². The summed E-state index contributed by atoms with van der Waals surface area (Å²) in [4.78, 5) is 9.35. The van der Waals surface area contributed by atoms with Gasteiger partial charge in [-0.05, 0) is 42.6 Å². The highest BCUT2D eigenvalue weighted by Crippen LogP contribution is 2.09. The molecule has 2 N–H and O–H groups in total. The van der Waals surface area contributed by atoms with Crippen molar-refractivity contribution in [3.63, 3.8) is 0 Å². The summed E-state index contributed by atoms with van der Waals surface area (Å²) in [5, 5.41) is 6.58. The van der Waals surface area contributed by atoms with E-state index in [1.165, 1.54) is 18.1 Å². The number of rotatable bonds is 9. The smallest absolute Gasteiger partial charge is 0.191 e. The average molecular weight is 412 g/mol. The number of halogens is 1. The normalized spacial score (nSPS) is 15.9. The zero-order valence-electron chi connectivity index (χ0n) is 18.0. The third kappa shape index (κ3) is 7.76. The van der Waals surface area contributed by atoms with Gasteiger partial charge in [0.05, 0.1) is 0 Å². The van der Waals surface area contributed by atoms with Gasteiger partial charge in [-0.25, -0.2) is 4.39 Å². The molecule has 1 fully saturated rings. The minimum Gasteiger partial charge on any atom is -0.356 e. The van der Waals surface area contributed by atoms with E-state index in [-0.39, 0.29) is 5.82 Å². The standard InChI is InChI=1S/C24H34FN5/c1-26-24(28-19-22-10-7-11-23(25)18-22)27-12-5-6-13-29-14-16-30(17-15-29)20-21-8-3-2-4-9-21/h2-4,7-11,18H,5-6,12-17,19-20H2,1H3,(H2,26,27,28). The van der Waals surface area contributed by atoms with Gasteiger partial charge in [0, 0.05) is 52.9 Å². The van der Waals surface area contributed by atoms with Crippen LogP contribution in [0, 0.1) is 5.82 Å². The summed E-state index contributed by atoms with van der Waals surface area (Å²) < 4.78 is 13.3. The third-order valence-electron chi connectivity index (χ3n) is 5.48. The molecule has 0 saturated carbocycles. The van der Waals surface area contributed by atoms with Crippen molar-refractivity contribution in [2.75, 3.05) is 46.3 Å². The lowest BCUT2D eigenvalue weighted by Gasteiger charge is -2.34. The van der Waals surface area contributed by atoms with Gasteiger partial charge in [-0.2, -0.15) is 0 Å². The van der Waals surface area contributed by atoms with Crippen molar-refractivity contribution in [3.8, 4) is 0 Å². The Balaban J connectivity index is 1.24. The van der Waals surface area contributed by atoms with Gasteiger partial charge in [0.25, 0.3) is 0 Å². The van der Waals surface area contributed by atoms with E-state index in [0.29, 0.717) is 6.54 Å². The topological polar surface area (TPSA) is 42.9 Å². The van der Waals surface area contributed by atoms with Crippen LogP contribution in [0.3, 0.4) is 0 Å². The number of aliphatic imine (C=N–C) groups is 1. The van der Waals surface area contributed by atoms with Crippen molar-refractivity contribution in [1.82, 2.24) is 20.4 Å². The summed E-state index contributed by atoms with van der Waals surface area (Å²) in [6.07, 6.45) is 2.28. The fraction of sp³-hybridized carbons (Fsp3) is 0.458. The van der Waals surface area contributed by atoms with Gasteiger partial charge >= 0.3 is 0 Å². The molecule has 162 valence electrons. The van der Waals surface area contributed by atoms with Crippen LogP contribution in [0.15, 0.2) is 59.6 Å². The maximum Gasteiger partial charge on any atom is 0.191 e. The summed E-state index contributed by atoms with van der Waals surface area (Å²) in [5.41, 5.74) is 2.31. The predicted octanol–water partition coefficient (Wildman–Crippen LogP) is 3.09. The highest BCUT2D eigenvalue weighted by Gasteiger charge is 2.16. The van der Waals surface area contributed by atoms with Crippen molar-refractivity contribution >= 4 is 5.96 Å². The molecule has 1 saturated heterocycles. The van der Waals surface area contributed by atoms with Gasteiger partial charge in [-0.3, -0.25) is 9.89 Å². The number of nitrogens with zero attached hydrogens (tertiary/aromatic N) is 3. The molecule has 5 nitrogen and oxygen atoms in total.